The lowest BCUT2D eigenvalue weighted by Crippen LogP contribution is -2.19. The fourth-order valence-electron chi connectivity index (χ4n) is 0.341. The van der Waals surface area contributed by atoms with E-state index in [1.54, 1.807) is 13.8 Å². The molecule has 1 atom stereocenters. The van der Waals surface area contributed by atoms with Gasteiger partial charge in [-0.1, -0.05) is 5.92 Å². The first-order valence-electron chi connectivity index (χ1n) is 3.89. The Morgan fingerprint density at radius 1 is 1.71 bits per heavy atom. The Bertz CT molecular complexity index is 197. The lowest BCUT2D eigenvalue weighted by molar-refractivity contribution is -0.0720. The molecule has 0 aromatic heterocycles. The van der Waals surface area contributed by atoms with Crippen LogP contribution in [0.15, 0.2) is 0 Å². The van der Waals surface area contributed by atoms with Gasteiger partial charge >= 0.3 is 6.09 Å². The van der Waals surface area contributed by atoms with E-state index < -0.39 is 12.4 Å². The van der Waals surface area contributed by atoms with Crippen LogP contribution in [0, 0.1) is 9.85 Å². The van der Waals surface area contributed by atoms with Gasteiger partial charge in [-0.25, -0.2) is 4.79 Å². The van der Waals surface area contributed by atoms with Gasteiger partial charge in [-0.05, 0) is 17.8 Å². The van der Waals surface area contributed by atoms with Crippen LogP contribution in [0.2, 0.25) is 0 Å². The smallest absolute Gasteiger partial charge is 0.404 e. The second kappa shape index (κ2) is 12.5. The van der Waals surface area contributed by atoms with Crippen LogP contribution in [-0.2, 0) is 4.74 Å². The van der Waals surface area contributed by atoms with E-state index in [-0.39, 0.29) is 0 Å². The quantitative estimate of drug-likeness (QED) is 0.413. The number of hydrogen-bond donors (Lipinski definition) is 3. The van der Waals surface area contributed by atoms with E-state index in [9.17, 15) is 4.79 Å². The van der Waals surface area contributed by atoms with E-state index in [0.717, 1.165) is 0 Å². The minimum absolute atomic E-state index is 0.306. The van der Waals surface area contributed by atoms with Crippen LogP contribution < -0.4 is 5.32 Å². The number of halogens is 1. The van der Waals surface area contributed by atoms with Gasteiger partial charge in [0.05, 0.1) is 0 Å². The first-order valence-corrected chi connectivity index (χ1v) is 4.97. The normalized spacial score (nSPS) is 10.0. The van der Waals surface area contributed by atoms with E-state index in [2.05, 4.69) is 19.9 Å². The van der Waals surface area contributed by atoms with Crippen molar-refractivity contribution < 1.29 is 19.7 Å². The summed E-state index contributed by atoms with van der Waals surface area (Å²) in [5.74, 6) is 2.63. The number of nitrogens with one attached hydrogen (secondary N) is 1. The first-order chi connectivity index (χ1) is 6.54. The zero-order valence-corrected chi connectivity index (χ0v) is 10.2. The summed E-state index contributed by atoms with van der Waals surface area (Å²) < 4.78 is 7.27. The minimum atomic E-state index is -0.961. The number of ether oxygens (including phenoxy) is 1. The van der Waals surface area contributed by atoms with Crippen LogP contribution in [-0.4, -0.2) is 35.7 Å². The van der Waals surface area contributed by atoms with E-state index in [1.807, 2.05) is 22.6 Å². The lowest BCUT2D eigenvalue weighted by Gasteiger charge is -1.99. The molecule has 3 N–H and O–H groups in total. The van der Waals surface area contributed by atoms with Crippen LogP contribution in [0.4, 0.5) is 4.79 Å². The number of hydrogen-bond acceptors (Lipinski definition) is 3. The maximum Gasteiger partial charge on any atom is 0.404 e. The zero-order chi connectivity index (χ0) is 11.4. The van der Waals surface area contributed by atoms with Gasteiger partial charge in [-0.2, -0.15) is 0 Å². The summed E-state index contributed by atoms with van der Waals surface area (Å²) in [6, 6.07) is 0. The Morgan fingerprint density at radius 2 is 2.29 bits per heavy atom. The summed E-state index contributed by atoms with van der Waals surface area (Å²) in [5.41, 5.74) is 0. The number of carbonyl (C=O) groups is 1. The molecule has 6 heteroatoms. The monoisotopic (exact) mass is 315 g/mol. The molecule has 0 saturated heterocycles. The molecular formula is C8H14INO4. The molecule has 0 heterocycles. The van der Waals surface area contributed by atoms with Crippen LogP contribution in [0.25, 0.3) is 0 Å². The fraction of sp³-hybridized carbons (Fsp3) is 0.625. The van der Waals surface area contributed by atoms with Gasteiger partial charge in [0.1, 0.15) is 6.61 Å². The Hall–Kier alpha value is -0.520. The summed E-state index contributed by atoms with van der Waals surface area (Å²) in [5, 5.41) is 18.4. The number of amides is 1. The second-order valence-electron chi connectivity index (χ2n) is 2.02. The third-order valence-corrected chi connectivity index (χ3v) is 1.17. The number of aliphatic hydroxyl groups is 1. The molecule has 0 rings (SSSR count). The summed E-state index contributed by atoms with van der Waals surface area (Å²) in [7, 11) is 0. The molecule has 0 fully saturated rings. The average Bonchev–Trinajstić information content (AvgIpc) is 2.05. The van der Waals surface area contributed by atoms with Crippen LogP contribution in [0.5, 0.6) is 0 Å². The van der Waals surface area contributed by atoms with Crippen molar-refractivity contribution in [1.82, 2.24) is 5.32 Å². The SMILES string of the molecule is CC(O)OCC#CI.CCNC(=O)O. The Labute approximate surface area is 97.0 Å². The molecule has 0 bridgehead atoms. The van der Waals surface area contributed by atoms with Crippen LogP contribution >= 0.6 is 22.6 Å². The molecule has 14 heavy (non-hydrogen) atoms. The van der Waals surface area contributed by atoms with E-state index >= 15 is 0 Å². The predicted octanol–water partition coefficient (Wildman–Crippen LogP) is 1.01. The summed E-state index contributed by atoms with van der Waals surface area (Å²) in [4.78, 5) is 9.49. The summed E-state index contributed by atoms with van der Waals surface area (Å²) in [6.07, 6.45) is -1.66. The highest BCUT2D eigenvalue weighted by Crippen LogP contribution is 1.81. The molecule has 1 amide bonds. The predicted molar refractivity (Wildman–Crippen MR) is 61.1 cm³/mol. The molecule has 0 aliphatic rings. The topological polar surface area (TPSA) is 78.8 Å². The minimum Gasteiger partial charge on any atom is -0.465 e. The van der Waals surface area contributed by atoms with Crippen molar-refractivity contribution in [3.63, 3.8) is 0 Å². The molecule has 0 aliphatic heterocycles. The van der Waals surface area contributed by atoms with Gasteiger partial charge in [-0.3, -0.25) is 0 Å². The Kier molecular flexibility index (Phi) is 14.2. The fourth-order valence-corrected chi connectivity index (χ4v) is 0.496. The summed E-state index contributed by atoms with van der Waals surface area (Å²) in [6.45, 7) is 4.07. The number of aliphatic hydroxyl groups excluding tert-OH is 1. The third kappa shape index (κ3) is 22.5. The van der Waals surface area contributed by atoms with E-state index in [0.29, 0.717) is 13.2 Å². The molecule has 0 aromatic rings. The van der Waals surface area contributed by atoms with Crippen molar-refractivity contribution in [3.8, 4) is 9.85 Å². The van der Waals surface area contributed by atoms with Gasteiger partial charge < -0.3 is 20.3 Å². The number of carboxylic acid groups (broad SMARTS) is 1. The Morgan fingerprint density at radius 3 is 2.50 bits per heavy atom. The molecule has 82 valence electrons. The average molecular weight is 315 g/mol. The van der Waals surface area contributed by atoms with E-state index in [4.69, 9.17) is 10.2 Å². The van der Waals surface area contributed by atoms with Gasteiger partial charge in [0.2, 0.25) is 0 Å². The molecule has 0 saturated carbocycles. The molecule has 0 aliphatic carbocycles. The third-order valence-electron chi connectivity index (χ3n) is 0.792. The van der Waals surface area contributed by atoms with Gasteiger partial charge in [0.25, 0.3) is 0 Å². The van der Waals surface area contributed by atoms with Crippen molar-refractivity contribution in [2.75, 3.05) is 13.2 Å². The van der Waals surface area contributed by atoms with Crippen molar-refractivity contribution in [1.29, 1.82) is 0 Å². The van der Waals surface area contributed by atoms with Gasteiger partial charge in [0.15, 0.2) is 6.29 Å². The van der Waals surface area contributed by atoms with Crippen molar-refractivity contribution in [2.45, 2.75) is 20.1 Å². The zero-order valence-electron chi connectivity index (χ0n) is 8.08. The molecule has 5 nitrogen and oxygen atoms in total. The van der Waals surface area contributed by atoms with Crippen LogP contribution in [0.3, 0.4) is 0 Å². The molecular weight excluding hydrogens is 301 g/mol. The summed E-state index contributed by atoms with van der Waals surface area (Å²) >= 11 is 1.91. The molecule has 0 aromatic carbocycles. The maximum absolute atomic E-state index is 9.49. The lowest BCUT2D eigenvalue weighted by atomic mass is 10.7. The highest BCUT2D eigenvalue weighted by atomic mass is 127. The molecule has 0 radical (unpaired) electrons. The first kappa shape index (κ1) is 15.9. The highest BCUT2D eigenvalue weighted by Gasteiger charge is 1.87. The maximum atomic E-state index is 9.49. The van der Waals surface area contributed by atoms with Crippen LogP contribution in [0.1, 0.15) is 13.8 Å². The largest absolute Gasteiger partial charge is 0.465 e. The number of rotatable bonds is 3. The standard InChI is InChI=1S/C5H7IO2.C3H7NO2/c1-5(7)8-4-2-3-6;1-2-4-3(5)6/h5,7H,4H2,1H3;4H,2H2,1H3,(H,5,6). The van der Waals surface area contributed by atoms with Gasteiger partial charge in [0, 0.05) is 29.1 Å². The highest BCUT2D eigenvalue weighted by molar-refractivity contribution is 14.1. The molecule has 1 unspecified atom stereocenters. The van der Waals surface area contributed by atoms with Crippen molar-refractivity contribution in [2.24, 2.45) is 0 Å². The second-order valence-corrected chi connectivity index (χ2v) is 2.56. The van der Waals surface area contributed by atoms with Gasteiger partial charge in [-0.15, -0.1) is 0 Å². The Balaban J connectivity index is 0. The van der Waals surface area contributed by atoms with E-state index in [1.165, 1.54) is 0 Å². The molecule has 0 spiro atoms. The van der Waals surface area contributed by atoms with Crippen molar-refractivity contribution in [3.05, 3.63) is 0 Å². The van der Waals surface area contributed by atoms with Crippen molar-refractivity contribution >= 4 is 28.7 Å².